The number of aryl methyl sites for hydroxylation is 1. The third kappa shape index (κ3) is 2.86. The van der Waals surface area contributed by atoms with Crippen molar-refractivity contribution < 1.29 is 9.53 Å². The maximum Gasteiger partial charge on any atom is 0.342 e. The van der Waals surface area contributed by atoms with Crippen molar-refractivity contribution in [3.05, 3.63) is 52.8 Å². The van der Waals surface area contributed by atoms with Crippen LogP contribution in [-0.4, -0.2) is 22.4 Å². The largest absolute Gasteiger partial charge is 0.447 e. The van der Waals surface area contributed by atoms with E-state index in [2.05, 4.69) is 5.10 Å². The van der Waals surface area contributed by atoms with Crippen molar-refractivity contribution in [3.8, 4) is 6.07 Å². The first-order valence-corrected chi connectivity index (χ1v) is 6.25. The molecule has 0 saturated carbocycles. The third-order valence-electron chi connectivity index (χ3n) is 3.03. The van der Waals surface area contributed by atoms with Gasteiger partial charge in [0.05, 0.1) is 17.9 Å². The number of hydrogen-bond acceptors (Lipinski definition) is 4. The molecule has 20 heavy (non-hydrogen) atoms. The number of nitrogens with zero attached hydrogens (tertiary/aromatic N) is 3. The summed E-state index contributed by atoms with van der Waals surface area (Å²) in [7, 11) is 0. The molecule has 5 heteroatoms. The van der Waals surface area contributed by atoms with Crippen molar-refractivity contribution in [2.45, 2.75) is 20.4 Å². The highest BCUT2D eigenvalue weighted by Gasteiger charge is 2.19. The second-order valence-electron chi connectivity index (χ2n) is 4.42. The van der Waals surface area contributed by atoms with Gasteiger partial charge in [-0.25, -0.2) is 4.79 Å². The quantitative estimate of drug-likeness (QED) is 0.798. The molecule has 0 N–H and O–H groups in total. The van der Waals surface area contributed by atoms with Crippen molar-refractivity contribution in [3.63, 3.8) is 0 Å². The molecule has 1 aromatic carbocycles. The lowest BCUT2D eigenvalue weighted by Gasteiger charge is -2.05. The van der Waals surface area contributed by atoms with Crippen LogP contribution in [-0.2, 0) is 11.3 Å². The lowest BCUT2D eigenvalue weighted by molar-refractivity contribution is 0.0553. The van der Waals surface area contributed by atoms with Crippen LogP contribution in [0.2, 0.25) is 0 Å². The minimum Gasteiger partial charge on any atom is -0.447 e. The molecular weight excluding hydrogens is 254 g/mol. The number of nitriles is 1. The van der Waals surface area contributed by atoms with Crippen molar-refractivity contribution in [2.24, 2.45) is 0 Å². The van der Waals surface area contributed by atoms with Gasteiger partial charge in [0.2, 0.25) is 0 Å². The van der Waals surface area contributed by atoms with Gasteiger partial charge >= 0.3 is 5.97 Å². The summed E-state index contributed by atoms with van der Waals surface area (Å²) in [6, 6.07) is 11.7. The molecule has 0 aliphatic heterocycles. The van der Waals surface area contributed by atoms with Crippen molar-refractivity contribution in [2.75, 3.05) is 6.61 Å². The molecule has 2 rings (SSSR count). The Kier molecular flexibility index (Phi) is 4.16. The monoisotopic (exact) mass is 269 g/mol. The molecule has 1 aromatic heterocycles. The molecule has 0 fully saturated rings. The van der Waals surface area contributed by atoms with Gasteiger partial charge in [-0.15, -0.1) is 0 Å². The predicted molar refractivity (Wildman–Crippen MR) is 73.1 cm³/mol. The van der Waals surface area contributed by atoms with E-state index in [1.54, 1.807) is 17.7 Å². The Morgan fingerprint density at radius 2 is 2.05 bits per heavy atom. The number of carbonyl (C=O) groups is 1. The average molecular weight is 269 g/mol. The van der Waals surface area contributed by atoms with Crippen LogP contribution in [0.1, 0.15) is 27.3 Å². The fourth-order valence-electron chi connectivity index (χ4n) is 2.07. The van der Waals surface area contributed by atoms with Crippen molar-refractivity contribution >= 4 is 5.97 Å². The number of hydrogen-bond donors (Lipinski definition) is 0. The van der Waals surface area contributed by atoms with Gasteiger partial charge in [-0.1, -0.05) is 30.3 Å². The second kappa shape index (κ2) is 6.02. The number of aromatic nitrogens is 2. The number of esters is 1. The van der Waals surface area contributed by atoms with Crippen LogP contribution in [0.25, 0.3) is 0 Å². The van der Waals surface area contributed by atoms with Crippen LogP contribution >= 0.6 is 0 Å². The fourth-order valence-corrected chi connectivity index (χ4v) is 2.07. The molecule has 0 saturated heterocycles. The summed E-state index contributed by atoms with van der Waals surface area (Å²) in [6.07, 6.45) is 0. The van der Waals surface area contributed by atoms with Crippen LogP contribution in [0.5, 0.6) is 0 Å². The summed E-state index contributed by atoms with van der Waals surface area (Å²) in [4.78, 5) is 11.9. The zero-order chi connectivity index (χ0) is 14.5. The van der Waals surface area contributed by atoms with Gasteiger partial charge in [0.15, 0.2) is 6.61 Å². The summed E-state index contributed by atoms with van der Waals surface area (Å²) < 4.78 is 6.62. The molecule has 1 heterocycles. The number of benzene rings is 1. The highest BCUT2D eigenvalue weighted by molar-refractivity contribution is 5.91. The first kappa shape index (κ1) is 13.8. The Hall–Kier alpha value is -2.61. The molecule has 5 nitrogen and oxygen atoms in total. The Morgan fingerprint density at radius 1 is 1.35 bits per heavy atom. The SMILES string of the molecule is Cc1nn(Cc2ccccc2)c(C)c1C(=O)OCC#N. The molecule has 0 atom stereocenters. The fraction of sp³-hybridized carbons (Fsp3) is 0.267. The maximum absolute atomic E-state index is 11.9. The normalized spacial score (nSPS) is 10.1. The smallest absolute Gasteiger partial charge is 0.342 e. The summed E-state index contributed by atoms with van der Waals surface area (Å²) >= 11 is 0. The number of carbonyl (C=O) groups excluding carboxylic acids is 1. The van der Waals surface area contributed by atoms with E-state index in [9.17, 15) is 4.79 Å². The molecule has 0 aliphatic rings. The zero-order valence-electron chi connectivity index (χ0n) is 11.5. The van der Waals surface area contributed by atoms with E-state index in [0.29, 0.717) is 17.8 Å². The van der Waals surface area contributed by atoms with E-state index < -0.39 is 5.97 Å². The highest BCUT2D eigenvalue weighted by atomic mass is 16.5. The first-order valence-electron chi connectivity index (χ1n) is 6.25. The molecule has 0 aliphatic carbocycles. The second-order valence-corrected chi connectivity index (χ2v) is 4.42. The Balaban J connectivity index is 2.25. The van der Waals surface area contributed by atoms with Gasteiger partial charge in [-0.3, -0.25) is 4.68 Å². The average Bonchev–Trinajstić information content (AvgIpc) is 2.72. The lowest BCUT2D eigenvalue weighted by Crippen LogP contribution is -2.09. The minimum atomic E-state index is -0.499. The van der Waals surface area contributed by atoms with Gasteiger partial charge in [-0.2, -0.15) is 10.4 Å². The summed E-state index contributed by atoms with van der Waals surface area (Å²) in [5.74, 6) is -0.499. The van der Waals surface area contributed by atoms with Gasteiger partial charge < -0.3 is 4.74 Å². The molecule has 102 valence electrons. The zero-order valence-corrected chi connectivity index (χ0v) is 11.5. The van der Waals surface area contributed by atoms with Crippen molar-refractivity contribution in [1.82, 2.24) is 9.78 Å². The summed E-state index contributed by atoms with van der Waals surface area (Å²) in [5, 5.41) is 12.8. The maximum atomic E-state index is 11.9. The first-order chi connectivity index (χ1) is 9.63. The topological polar surface area (TPSA) is 67.9 Å². The molecule has 0 spiro atoms. The van der Waals surface area contributed by atoms with Crippen molar-refractivity contribution in [1.29, 1.82) is 5.26 Å². The van der Waals surface area contributed by atoms with E-state index in [0.717, 1.165) is 11.3 Å². The van der Waals surface area contributed by atoms with Gasteiger partial charge in [0.1, 0.15) is 11.6 Å². The van der Waals surface area contributed by atoms with Crippen LogP contribution < -0.4 is 0 Å². The molecular formula is C15H15N3O2. The molecule has 0 unspecified atom stereocenters. The van der Waals surface area contributed by atoms with Crippen LogP contribution in [0, 0.1) is 25.2 Å². The van der Waals surface area contributed by atoms with E-state index in [-0.39, 0.29) is 6.61 Å². The minimum absolute atomic E-state index is 0.248. The van der Waals surface area contributed by atoms with E-state index >= 15 is 0 Å². The summed E-state index contributed by atoms with van der Waals surface area (Å²) in [5.41, 5.74) is 2.90. The molecule has 0 bridgehead atoms. The number of ether oxygens (including phenoxy) is 1. The van der Waals surface area contributed by atoms with Gasteiger partial charge in [-0.05, 0) is 19.4 Å². The van der Waals surface area contributed by atoms with Crippen LogP contribution in [0.3, 0.4) is 0 Å². The Bertz CT molecular complexity index is 654. The van der Waals surface area contributed by atoms with E-state index in [1.807, 2.05) is 37.3 Å². The summed E-state index contributed by atoms with van der Waals surface area (Å²) in [6.45, 7) is 3.93. The molecule has 0 radical (unpaired) electrons. The van der Waals surface area contributed by atoms with Crippen LogP contribution in [0.15, 0.2) is 30.3 Å². The Morgan fingerprint density at radius 3 is 2.70 bits per heavy atom. The predicted octanol–water partition coefficient (Wildman–Crippen LogP) is 2.23. The van der Waals surface area contributed by atoms with Gasteiger partial charge in [0, 0.05) is 0 Å². The number of rotatable bonds is 4. The standard InChI is InChI=1S/C15H15N3O2/c1-11-14(15(19)20-9-8-16)12(2)18(17-11)10-13-6-4-3-5-7-13/h3-7H,9-10H2,1-2H3. The lowest BCUT2D eigenvalue weighted by atomic mass is 10.2. The highest BCUT2D eigenvalue weighted by Crippen LogP contribution is 2.16. The Labute approximate surface area is 117 Å². The van der Waals surface area contributed by atoms with Gasteiger partial charge in [0.25, 0.3) is 0 Å². The van der Waals surface area contributed by atoms with E-state index in [4.69, 9.17) is 10.00 Å². The molecule has 2 aromatic rings. The third-order valence-corrected chi connectivity index (χ3v) is 3.03. The van der Waals surface area contributed by atoms with Crippen LogP contribution in [0.4, 0.5) is 0 Å². The van der Waals surface area contributed by atoms with E-state index in [1.165, 1.54) is 0 Å². The molecule has 0 amide bonds.